The Labute approximate surface area is 160 Å². The summed E-state index contributed by atoms with van der Waals surface area (Å²) in [4.78, 5) is 16.4. The van der Waals surface area contributed by atoms with Crippen LogP contribution >= 0.6 is 0 Å². The molecule has 2 aromatic rings. The number of nitrogens with one attached hydrogen (secondary N) is 1. The summed E-state index contributed by atoms with van der Waals surface area (Å²) in [5, 5.41) is 2.88. The van der Waals surface area contributed by atoms with Crippen LogP contribution in [0.25, 0.3) is 0 Å². The molecule has 1 aromatic heterocycles. The third-order valence-electron chi connectivity index (χ3n) is 4.95. The van der Waals surface area contributed by atoms with Gasteiger partial charge in [0.25, 0.3) is 10.0 Å². The van der Waals surface area contributed by atoms with Gasteiger partial charge in [-0.05, 0) is 36.8 Å². The van der Waals surface area contributed by atoms with Crippen LogP contribution in [0.15, 0.2) is 41.8 Å². The van der Waals surface area contributed by atoms with Gasteiger partial charge in [-0.25, -0.2) is 13.4 Å². The molecule has 1 aromatic carbocycles. The van der Waals surface area contributed by atoms with E-state index in [4.69, 9.17) is 0 Å². The lowest BCUT2D eigenvalue weighted by molar-refractivity contribution is -0.116. The quantitative estimate of drug-likeness (QED) is 0.821. The molecule has 1 fully saturated rings. The number of aromatic nitrogens is 2. The fourth-order valence-corrected chi connectivity index (χ4v) is 4.63. The van der Waals surface area contributed by atoms with Crippen molar-refractivity contribution >= 4 is 21.6 Å². The Hall–Kier alpha value is -2.19. The molecule has 146 valence electrons. The van der Waals surface area contributed by atoms with Gasteiger partial charge in [0.15, 0.2) is 5.03 Å². The van der Waals surface area contributed by atoms with Crippen molar-refractivity contribution in [2.75, 3.05) is 18.4 Å². The Kier molecular flexibility index (Phi) is 5.96. The number of carbonyl (C=O) groups excluding carboxylic acids is 1. The minimum absolute atomic E-state index is 0.00110. The van der Waals surface area contributed by atoms with Crippen LogP contribution in [0.2, 0.25) is 0 Å². The van der Waals surface area contributed by atoms with Crippen LogP contribution in [0.1, 0.15) is 32.3 Å². The van der Waals surface area contributed by atoms with Crippen LogP contribution in [0.5, 0.6) is 0 Å². The number of carbonyl (C=O) groups is 1. The molecular formula is C19H26N4O3S. The number of piperidine rings is 1. The fraction of sp³-hybridized carbons (Fsp3) is 0.474. The molecule has 2 heterocycles. The number of aryl methyl sites for hydroxylation is 1. The van der Waals surface area contributed by atoms with Crippen LogP contribution < -0.4 is 5.32 Å². The molecule has 8 heteroatoms. The average Bonchev–Trinajstić information content (AvgIpc) is 3.11. The largest absolute Gasteiger partial charge is 0.327 e. The van der Waals surface area contributed by atoms with Gasteiger partial charge in [0.05, 0.1) is 6.33 Å². The van der Waals surface area contributed by atoms with E-state index in [-0.39, 0.29) is 17.5 Å². The molecule has 7 nitrogen and oxygen atoms in total. The van der Waals surface area contributed by atoms with Gasteiger partial charge in [-0.2, -0.15) is 4.31 Å². The van der Waals surface area contributed by atoms with Crippen molar-refractivity contribution < 1.29 is 13.2 Å². The summed E-state index contributed by atoms with van der Waals surface area (Å²) in [7, 11) is -3.60. The second-order valence-electron chi connectivity index (χ2n) is 7.03. The summed E-state index contributed by atoms with van der Waals surface area (Å²) in [5.41, 5.74) is 1.83. The topological polar surface area (TPSA) is 84.3 Å². The normalized spacial score (nSPS) is 16.4. The monoisotopic (exact) mass is 390 g/mol. The smallest absolute Gasteiger partial charge is 0.262 e. The van der Waals surface area contributed by atoms with Crippen LogP contribution in [0, 0.1) is 5.92 Å². The van der Waals surface area contributed by atoms with Gasteiger partial charge in [0.1, 0.15) is 6.54 Å². The van der Waals surface area contributed by atoms with Gasteiger partial charge >= 0.3 is 0 Å². The lowest BCUT2D eigenvalue weighted by atomic mass is 10.0. The maximum absolute atomic E-state index is 12.7. The van der Waals surface area contributed by atoms with Crippen molar-refractivity contribution in [3.8, 4) is 0 Å². The lowest BCUT2D eigenvalue weighted by Crippen LogP contribution is -2.38. The van der Waals surface area contributed by atoms with E-state index in [2.05, 4.69) is 17.2 Å². The first kappa shape index (κ1) is 19.6. The molecule has 0 atom stereocenters. The predicted molar refractivity (Wildman–Crippen MR) is 104 cm³/mol. The van der Waals surface area contributed by atoms with Crippen LogP contribution in [-0.2, 0) is 27.8 Å². The third kappa shape index (κ3) is 4.56. The minimum Gasteiger partial charge on any atom is -0.327 e. The number of benzene rings is 1. The first-order valence-corrected chi connectivity index (χ1v) is 10.7. The molecule has 27 heavy (non-hydrogen) atoms. The van der Waals surface area contributed by atoms with E-state index >= 15 is 0 Å². The number of imidazole rings is 1. The van der Waals surface area contributed by atoms with E-state index in [1.54, 1.807) is 0 Å². The maximum Gasteiger partial charge on any atom is 0.262 e. The van der Waals surface area contributed by atoms with E-state index in [1.165, 1.54) is 21.4 Å². The second kappa shape index (κ2) is 8.22. The molecule has 0 aliphatic carbocycles. The summed E-state index contributed by atoms with van der Waals surface area (Å²) in [6, 6.07) is 7.63. The molecule has 0 bridgehead atoms. The van der Waals surface area contributed by atoms with E-state index in [1.807, 2.05) is 31.2 Å². The van der Waals surface area contributed by atoms with Crippen LogP contribution in [-0.4, -0.2) is 41.3 Å². The van der Waals surface area contributed by atoms with Gasteiger partial charge in [0.2, 0.25) is 5.91 Å². The molecule has 0 saturated carbocycles. The zero-order valence-electron chi connectivity index (χ0n) is 15.8. The first-order valence-electron chi connectivity index (χ1n) is 9.30. The van der Waals surface area contributed by atoms with E-state index < -0.39 is 10.0 Å². The summed E-state index contributed by atoms with van der Waals surface area (Å²) >= 11 is 0. The van der Waals surface area contributed by atoms with Crippen molar-refractivity contribution in [2.45, 2.75) is 44.7 Å². The van der Waals surface area contributed by atoms with E-state index in [0.717, 1.165) is 30.5 Å². The highest BCUT2D eigenvalue weighted by molar-refractivity contribution is 7.89. The second-order valence-corrected chi connectivity index (χ2v) is 8.91. The SMILES string of the molecule is CCc1ccccc1NC(=O)Cn1cnc(S(=O)(=O)N2CCC(C)CC2)c1. The van der Waals surface area contributed by atoms with Crippen molar-refractivity contribution in [1.29, 1.82) is 0 Å². The number of sulfonamides is 1. The van der Waals surface area contributed by atoms with Gasteiger partial charge in [0, 0.05) is 25.0 Å². The predicted octanol–water partition coefficient (Wildman–Crippen LogP) is 2.50. The maximum atomic E-state index is 12.7. The van der Waals surface area contributed by atoms with E-state index in [0.29, 0.717) is 19.0 Å². The zero-order valence-corrected chi connectivity index (χ0v) is 16.6. The number of hydrogen-bond acceptors (Lipinski definition) is 4. The minimum atomic E-state index is -3.60. The summed E-state index contributed by atoms with van der Waals surface area (Å²) < 4.78 is 28.4. The number of anilines is 1. The highest BCUT2D eigenvalue weighted by Crippen LogP contribution is 2.22. The molecule has 0 radical (unpaired) electrons. The van der Waals surface area contributed by atoms with Crippen molar-refractivity contribution in [1.82, 2.24) is 13.9 Å². The Morgan fingerprint density at radius 2 is 1.96 bits per heavy atom. The number of amides is 1. The van der Waals surface area contributed by atoms with Crippen molar-refractivity contribution in [2.24, 2.45) is 5.92 Å². The Morgan fingerprint density at radius 3 is 2.67 bits per heavy atom. The van der Waals surface area contributed by atoms with Gasteiger partial charge in [-0.1, -0.05) is 32.0 Å². The summed E-state index contributed by atoms with van der Waals surface area (Å²) in [5.74, 6) is 0.327. The highest BCUT2D eigenvalue weighted by atomic mass is 32.2. The Bertz CT molecular complexity index is 899. The molecule has 1 aliphatic rings. The fourth-order valence-electron chi connectivity index (χ4n) is 3.22. The number of para-hydroxylation sites is 1. The summed E-state index contributed by atoms with van der Waals surface area (Å²) in [6.45, 7) is 5.21. The molecule has 1 saturated heterocycles. The molecule has 0 spiro atoms. The lowest BCUT2D eigenvalue weighted by Gasteiger charge is -2.28. The third-order valence-corrected chi connectivity index (χ3v) is 6.74. The Balaban J connectivity index is 1.66. The van der Waals surface area contributed by atoms with Gasteiger partial charge < -0.3 is 9.88 Å². The van der Waals surface area contributed by atoms with E-state index in [9.17, 15) is 13.2 Å². The molecule has 1 N–H and O–H groups in total. The molecule has 3 rings (SSSR count). The first-order chi connectivity index (χ1) is 12.9. The highest BCUT2D eigenvalue weighted by Gasteiger charge is 2.29. The molecular weight excluding hydrogens is 364 g/mol. The standard InChI is InChI=1S/C19H26N4O3S/c1-3-16-6-4-5-7-17(16)21-18(24)12-22-13-19(20-14-22)27(25,26)23-10-8-15(2)9-11-23/h4-7,13-15H,3,8-12H2,1-2H3,(H,21,24). The number of rotatable bonds is 6. The molecule has 0 unspecified atom stereocenters. The number of nitrogens with zero attached hydrogens (tertiary/aromatic N) is 3. The van der Waals surface area contributed by atoms with Crippen molar-refractivity contribution in [3.63, 3.8) is 0 Å². The number of hydrogen-bond donors (Lipinski definition) is 1. The summed E-state index contributed by atoms with van der Waals surface area (Å²) in [6.07, 6.45) is 5.36. The molecule has 1 amide bonds. The van der Waals surface area contributed by atoms with Crippen LogP contribution in [0.4, 0.5) is 5.69 Å². The van der Waals surface area contributed by atoms with Gasteiger partial charge in [-0.3, -0.25) is 4.79 Å². The Morgan fingerprint density at radius 1 is 1.26 bits per heavy atom. The van der Waals surface area contributed by atoms with Gasteiger partial charge in [-0.15, -0.1) is 0 Å². The van der Waals surface area contributed by atoms with Crippen molar-refractivity contribution in [3.05, 3.63) is 42.4 Å². The van der Waals surface area contributed by atoms with Crippen LogP contribution in [0.3, 0.4) is 0 Å². The average molecular weight is 391 g/mol. The molecule has 1 aliphatic heterocycles. The zero-order chi connectivity index (χ0) is 19.4.